The lowest BCUT2D eigenvalue weighted by Crippen LogP contribution is -2.55. The average molecular weight is 477 g/mol. The van der Waals surface area contributed by atoms with E-state index in [2.05, 4.69) is 51.6 Å². The molecule has 8 atom stereocenters. The Morgan fingerprint density at radius 2 is 1.73 bits per heavy atom. The third-order valence-electron chi connectivity index (χ3n) is 10.9. The van der Waals surface area contributed by atoms with Crippen molar-refractivity contribution < 1.29 is 4.79 Å². The number of carbonyl (C=O) groups excluding carboxylic acids is 1. The van der Waals surface area contributed by atoms with Gasteiger partial charge in [-0.2, -0.15) is 0 Å². The summed E-state index contributed by atoms with van der Waals surface area (Å²) >= 11 is 1.50. The SMILES string of the molecule is CC[C@H]1CC2C3CCC(CCCNC(=O)NSC(C)(C)C)C3(C)CC[C@@H]2C2(C)CCCCC12. The molecule has 4 aliphatic rings. The van der Waals surface area contributed by atoms with Gasteiger partial charge < -0.3 is 5.32 Å². The fraction of sp³-hybridized carbons (Fsp3) is 0.966. The number of hydrogen-bond donors (Lipinski definition) is 2. The fourth-order valence-corrected chi connectivity index (χ4v) is 9.86. The highest BCUT2D eigenvalue weighted by Gasteiger charge is 2.60. The quantitative estimate of drug-likeness (QED) is 0.299. The van der Waals surface area contributed by atoms with Crippen molar-refractivity contribution in [2.75, 3.05) is 6.54 Å². The summed E-state index contributed by atoms with van der Waals surface area (Å²) in [5, 5.41) is 3.09. The summed E-state index contributed by atoms with van der Waals surface area (Å²) in [5.74, 6) is 5.77. The van der Waals surface area contributed by atoms with Crippen LogP contribution in [0.15, 0.2) is 0 Å². The lowest BCUT2D eigenvalue weighted by molar-refractivity contribution is -0.135. The Bertz CT molecular complexity index is 690. The summed E-state index contributed by atoms with van der Waals surface area (Å²) in [7, 11) is 0. The van der Waals surface area contributed by atoms with Gasteiger partial charge in [0.15, 0.2) is 0 Å². The summed E-state index contributed by atoms with van der Waals surface area (Å²) in [5.41, 5.74) is 1.17. The summed E-state index contributed by atoms with van der Waals surface area (Å²) in [6.07, 6.45) is 17.1. The molecule has 0 aliphatic heterocycles. The minimum Gasteiger partial charge on any atom is -0.337 e. The van der Waals surface area contributed by atoms with E-state index < -0.39 is 0 Å². The highest BCUT2D eigenvalue weighted by Crippen LogP contribution is 2.69. The first-order valence-electron chi connectivity index (χ1n) is 14.3. The van der Waals surface area contributed by atoms with Crippen LogP contribution in [0, 0.1) is 46.3 Å². The smallest absolute Gasteiger partial charge is 0.324 e. The Balaban J connectivity index is 1.33. The molecular weight excluding hydrogens is 424 g/mol. The Morgan fingerprint density at radius 3 is 2.45 bits per heavy atom. The second-order valence-corrected chi connectivity index (χ2v) is 15.3. The molecule has 2 amide bonds. The molecule has 2 N–H and O–H groups in total. The normalized spacial score (nSPS) is 42.7. The molecule has 4 saturated carbocycles. The zero-order chi connectivity index (χ0) is 23.9. The highest BCUT2D eigenvalue weighted by atomic mass is 32.2. The van der Waals surface area contributed by atoms with E-state index in [1.165, 1.54) is 82.6 Å². The molecule has 33 heavy (non-hydrogen) atoms. The van der Waals surface area contributed by atoms with Crippen LogP contribution in [-0.2, 0) is 0 Å². The van der Waals surface area contributed by atoms with Gasteiger partial charge in [0.25, 0.3) is 0 Å². The van der Waals surface area contributed by atoms with E-state index in [0.29, 0.717) is 10.8 Å². The van der Waals surface area contributed by atoms with E-state index in [1.54, 1.807) is 0 Å². The molecule has 0 aromatic rings. The third-order valence-corrected chi connectivity index (χ3v) is 11.8. The van der Waals surface area contributed by atoms with Gasteiger partial charge in [0, 0.05) is 11.3 Å². The van der Waals surface area contributed by atoms with Crippen molar-refractivity contribution in [3.8, 4) is 0 Å². The zero-order valence-corrected chi connectivity index (χ0v) is 23.3. The Labute approximate surface area is 208 Å². The lowest BCUT2D eigenvalue weighted by atomic mass is 9.42. The number of rotatable bonds is 6. The lowest BCUT2D eigenvalue weighted by Gasteiger charge is -2.62. The van der Waals surface area contributed by atoms with E-state index >= 15 is 0 Å². The molecular formula is C29H52N2OS. The van der Waals surface area contributed by atoms with Gasteiger partial charge in [-0.25, -0.2) is 4.79 Å². The van der Waals surface area contributed by atoms with Crippen molar-refractivity contribution in [1.82, 2.24) is 10.0 Å². The first-order chi connectivity index (χ1) is 15.6. The minimum atomic E-state index is -0.0333. The maximum Gasteiger partial charge on any atom is 0.324 e. The standard InChI is InChI=1S/C29H52N2OS/c1-7-20-19-22-24-14-13-21(11-10-18-30-26(32)31-33-27(2,3)4)28(24,5)17-15-25(22)29(6)16-9-8-12-23(20)29/h20-25H,7-19H2,1-6H3,(H2,30,31,32)/t20-,21?,22?,23?,24?,25-,28?,29?/m0/s1. The van der Waals surface area contributed by atoms with Gasteiger partial charge in [0.05, 0.1) is 0 Å². The Morgan fingerprint density at radius 1 is 0.970 bits per heavy atom. The number of carbonyl (C=O) groups is 1. The second-order valence-electron chi connectivity index (χ2n) is 13.7. The van der Waals surface area contributed by atoms with Gasteiger partial charge in [-0.05, 0) is 137 Å². The van der Waals surface area contributed by atoms with Gasteiger partial charge in [-0.15, -0.1) is 0 Å². The Kier molecular flexibility index (Phi) is 7.74. The topological polar surface area (TPSA) is 41.1 Å². The molecule has 3 nitrogen and oxygen atoms in total. The van der Waals surface area contributed by atoms with Crippen LogP contribution >= 0.6 is 11.9 Å². The molecule has 0 saturated heterocycles. The molecule has 6 unspecified atom stereocenters. The summed E-state index contributed by atoms with van der Waals surface area (Å²) in [4.78, 5) is 12.1. The molecule has 4 heteroatoms. The molecule has 4 rings (SSSR count). The molecule has 4 fully saturated rings. The molecule has 0 radical (unpaired) electrons. The van der Waals surface area contributed by atoms with Crippen LogP contribution < -0.4 is 10.0 Å². The van der Waals surface area contributed by atoms with Crippen molar-refractivity contribution in [1.29, 1.82) is 0 Å². The number of amides is 2. The number of nitrogens with one attached hydrogen (secondary N) is 2. The predicted octanol–water partition coefficient (Wildman–Crippen LogP) is 8.20. The van der Waals surface area contributed by atoms with Crippen molar-refractivity contribution in [2.24, 2.45) is 46.3 Å². The van der Waals surface area contributed by atoms with E-state index in [9.17, 15) is 4.79 Å². The van der Waals surface area contributed by atoms with Gasteiger partial charge >= 0.3 is 6.03 Å². The monoisotopic (exact) mass is 476 g/mol. The number of hydrogen-bond acceptors (Lipinski definition) is 2. The molecule has 0 spiro atoms. The van der Waals surface area contributed by atoms with Crippen molar-refractivity contribution in [2.45, 2.75) is 123 Å². The first kappa shape index (κ1) is 25.7. The van der Waals surface area contributed by atoms with Crippen LogP contribution in [0.25, 0.3) is 0 Å². The van der Waals surface area contributed by atoms with Gasteiger partial charge in [-0.1, -0.05) is 40.0 Å². The van der Waals surface area contributed by atoms with Crippen LogP contribution in [0.5, 0.6) is 0 Å². The molecule has 0 bridgehead atoms. The average Bonchev–Trinajstić information content (AvgIpc) is 3.10. The molecule has 4 aliphatic carbocycles. The fourth-order valence-electron chi connectivity index (χ4n) is 9.39. The Hall–Kier alpha value is -0.380. The molecule has 190 valence electrons. The van der Waals surface area contributed by atoms with Gasteiger partial charge in [0.2, 0.25) is 0 Å². The van der Waals surface area contributed by atoms with E-state index in [1.807, 2.05) is 0 Å². The molecule has 0 aromatic heterocycles. The number of urea groups is 1. The first-order valence-corrected chi connectivity index (χ1v) is 15.1. The summed E-state index contributed by atoms with van der Waals surface area (Å²) in [6, 6.07) is -0.0333. The minimum absolute atomic E-state index is 0.0333. The zero-order valence-electron chi connectivity index (χ0n) is 22.5. The molecule has 0 heterocycles. The van der Waals surface area contributed by atoms with Crippen LogP contribution in [0.3, 0.4) is 0 Å². The third kappa shape index (κ3) is 5.12. The van der Waals surface area contributed by atoms with Crippen LogP contribution in [0.2, 0.25) is 0 Å². The predicted molar refractivity (Wildman–Crippen MR) is 142 cm³/mol. The van der Waals surface area contributed by atoms with E-state index in [4.69, 9.17) is 0 Å². The number of fused-ring (bicyclic) bond motifs is 5. The van der Waals surface area contributed by atoms with Crippen LogP contribution in [0.1, 0.15) is 119 Å². The largest absolute Gasteiger partial charge is 0.337 e. The highest BCUT2D eigenvalue weighted by molar-refractivity contribution is 7.99. The van der Waals surface area contributed by atoms with Crippen LogP contribution in [-0.4, -0.2) is 17.3 Å². The van der Waals surface area contributed by atoms with Crippen molar-refractivity contribution >= 4 is 18.0 Å². The van der Waals surface area contributed by atoms with Gasteiger partial charge in [0.1, 0.15) is 0 Å². The van der Waals surface area contributed by atoms with E-state index in [0.717, 1.165) is 48.5 Å². The summed E-state index contributed by atoms with van der Waals surface area (Å²) in [6.45, 7) is 15.0. The van der Waals surface area contributed by atoms with E-state index in [-0.39, 0.29) is 10.8 Å². The van der Waals surface area contributed by atoms with Gasteiger partial charge in [-0.3, -0.25) is 4.72 Å². The van der Waals surface area contributed by atoms with Crippen molar-refractivity contribution in [3.05, 3.63) is 0 Å². The molecule has 0 aromatic carbocycles. The maximum absolute atomic E-state index is 12.1. The van der Waals surface area contributed by atoms with Crippen LogP contribution in [0.4, 0.5) is 4.79 Å². The van der Waals surface area contributed by atoms with Crippen molar-refractivity contribution in [3.63, 3.8) is 0 Å². The maximum atomic E-state index is 12.1. The summed E-state index contributed by atoms with van der Waals surface area (Å²) < 4.78 is 2.99. The second kappa shape index (κ2) is 9.94.